The van der Waals surface area contributed by atoms with E-state index >= 15 is 0 Å². The number of carbonyl (C=O) groups excluding carboxylic acids is 1. The molecule has 0 atom stereocenters. The molecule has 126 valence electrons. The van der Waals surface area contributed by atoms with Crippen LogP contribution in [0.15, 0.2) is 24.3 Å². The Labute approximate surface area is 137 Å². The largest absolute Gasteiger partial charge is 0.490 e. The highest BCUT2D eigenvalue weighted by Crippen LogP contribution is 2.30. The van der Waals surface area contributed by atoms with Gasteiger partial charge in [-0.3, -0.25) is 0 Å². The molecule has 5 nitrogen and oxygen atoms in total. The van der Waals surface area contributed by atoms with Crippen LogP contribution >= 0.6 is 0 Å². The first-order valence-corrected chi connectivity index (χ1v) is 7.97. The number of alkyl carbamates (subject to hydrolysis) is 1. The second-order valence-electron chi connectivity index (χ2n) is 6.38. The first-order chi connectivity index (χ1) is 10.9. The van der Waals surface area contributed by atoms with E-state index in [0.29, 0.717) is 19.8 Å². The summed E-state index contributed by atoms with van der Waals surface area (Å²) in [5.41, 5.74) is 0.579. The third-order valence-corrected chi connectivity index (χ3v) is 3.06. The van der Waals surface area contributed by atoms with Crippen LogP contribution in [0.1, 0.15) is 39.2 Å². The van der Waals surface area contributed by atoms with Crippen molar-refractivity contribution in [2.75, 3.05) is 19.8 Å². The van der Waals surface area contributed by atoms with Gasteiger partial charge in [0.1, 0.15) is 5.60 Å². The minimum atomic E-state index is -0.468. The highest BCUT2D eigenvalue weighted by atomic mass is 16.6. The SMILES string of the molecule is CC(C)(C)OC(=O)NCCC=Cc1ccc2c(c1)OCCCO2. The minimum Gasteiger partial charge on any atom is -0.490 e. The van der Waals surface area contributed by atoms with Gasteiger partial charge in [-0.15, -0.1) is 0 Å². The van der Waals surface area contributed by atoms with E-state index in [1.807, 2.05) is 51.1 Å². The van der Waals surface area contributed by atoms with Gasteiger partial charge in [-0.2, -0.15) is 0 Å². The van der Waals surface area contributed by atoms with E-state index in [1.165, 1.54) is 0 Å². The number of nitrogens with one attached hydrogen (secondary N) is 1. The molecule has 0 aliphatic carbocycles. The fourth-order valence-electron chi connectivity index (χ4n) is 2.07. The lowest BCUT2D eigenvalue weighted by molar-refractivity contribution is 0.0529. The lowest BCUT2D eigenvalue weighted by atomic mass is 10.1. The van der Waals surface area contributed by atoms with E-state index in [1.54, 1.807) is 0 Å². The van der Waals surface area contributed by atoms with E-state index in [2.05, 4.69) is 5.32 Å². The maximum atomic E-state index is 11.5. The summed E-state index contributed by atoms with van der Waals surface area (Å²) in [6.45, 7) is 7.44. The van der Waals surface area contributed by atoms with Crippen LogP contribution in [0.3, 0.4) is 0 Å². The van der Waals surface area contributed by atoms with Gasteiger partial charge >= 0.3 is 6.09 Å². The Bertz CT molecular complexity index is 561. The Balaban J connectivity index is 1.78. The zero-order valence-electron chi connectivity index (χ0n) is 14.1. The van der Waals surface area contributed by atoms with Crippen molar-refractivity contribution in [3.63, 3.8) is 0 Å². The molecule has 1 aliphatic rings. The summed E-state index contributed by atoms with van der Waals surface area (Å²) in [7, 11) is 0. The molecule has 2 rings (SSSR count). The second-order valence-corrected chi connectivity index (χ2v) is 6.38. The lowest BCUT2D eigenvalue weighted by Gasteiger charge is -2.19. The average molecular weight is 319 g/mol. The quantitative estimate of drug-likeness (QED) is 0.858. The van der Waals surface area contributed by atoms with Crippen molar-refractivity contribution in [1.29, 1.82) is 0 Å². The Morgan fingerprint density at radius 2 is 2.00 bits per heavy atom. The third-order valence-electron chi connectivity index (χ3n) is 3.06. The monoisotopic (exact) mass is 319 g/mol. The predicted octanol–water partition coefficient (Wildman–Crippen LogP) is 3.78. The number of rotatable bonds is 4. The summed E-state index contributed by atoms with van der Waals surface area (Å²) in [6.07, 6.45) is 5.26. The molecule has 0 unspecified atom stereocenters. The van der Waals surface area contributed by atoms with Gasteiger partial charge in [-0.05, 0) is 44.9 Å². The molecule has 1 N–H and O–H groups in total. The first-order valence-electron chi connectivity index (χ1n) is 7.97. The van der Waals surface area contributed by atoms with Crippen LogP contribution in [0, 0.1) is 0 Å². The van der Waals surface area contributed by atoms with Crippen LogP contribution in [0.4, 0.5) is 4.79 Å². The molecule has 23 heavy (non-hydrogen) atoms. The van der Waals surface area contributed by atoms with Gasteiger partial charge in [0, 0.05) is 13.0 Å². The van der Waals surface area contributed by atoms with Crippen molar-refractivity contribution < 1.29 is 19.0 Å². The van der Waals surface area contributed by atoms with E-state index in [0.717, 1.165) is 29.9 Å². The van der Waals surface area contributed by atoms with Crippen LogP contribution in [0.5, 0.6) is 11.5 Å². The summed E-state index contributed by atoms with van der Waals surface area (Å²) < 4.78 is 16.4. The number of ether oxygens (including phenoxy) is 3. The Morgan fingerprint density at radius 3 is 2.74 bits per heavy atom. The number of amides is 1. The second kappa shape index (κ2) is 7.90. The van der Waals surface area contributed by atoms with Gasteiger partial charge in [-0.1, -0.05) is 18.2 Å². The molecule has 1 aromatic carbocycles. The molecule has 0 radical (unpaired) electrons. The molecule has 0 saturated heterocycles. The van der Waals surface area contributed by atoms with Gasteiger partial charge in [0.25, 0.3) is 0 Å². The van der Waals surface area contributed by atoms with Gasteiger partial charge in [0.2, 0.25) is 0 Å². The zero-order chi connectivity index (χ0) is 16.7. The molecule has 5 heteroatoms. The maximum Gasteiger partial charge on any atom is 0.407 e. The van der Waals surface area contributed by atoms with Crippen molar-refractivity contribution in [2.24, 2.45) is 0 Å². The molecule has 1 aromatic rings. The fraction of sp³-hybridized carbons (Fsp3) is 0.500. The fourth-order valence-corrected chi connectivity index (χ4v) is 2.07. The summed E-state index contributed by atoms with van der Waals surface area (Å²) in [6, 6.07) is 5.89. The lowest BCUT2D eigenvalue weighted by Crippen LogP contribution is -2.32. The van der Waals surface area contributed by atoms with E-state index < -0.39 is 5.60 Å². The summed E-state index contributed by atoms with van der Waals surface area (Å²) in [5, 5.41) is 2.73. The summed E-state index contributed by atoms with van der Waals surface area (Å²) >= 11 is 0. The van der Waals surface area contributed by atoms with E-state index in [9.17, 15) is 4.79 Å². The van der Waals surface area contributed by atoms with Gasteiger partial charge in [-0.25, -0.2) is 4.79 Å². The van der Waals surface area contributed by atoms with Gasteiger partial charge in [0.15, 0.2) is 11.5 Å². The molecule has 0 aromatic heterocycles. The number of carbonyl (C=O) groups is 1. The van der Waals surface area contributed by atoms with Crippen LogP contribution in [-0.4, -0.2) is 31.5 Å². The standard InChI is InChI=1S/C18H25NO4/c1-18(2,3)23-17(20)19-10-5-4-7-14-8-9-15-16(13-14)22-12-6-11-21-15/h4,7-9,13H,5-6,10-12H2,1-3H3,(H,19,20). The molecule has 0 bridgehead atoms. The molecule has 0 fully saturated rings. The highest BCUT2D eigenvalue weighted by molar-refractivity contribution is 5.67. The van der Waals surface area contributed by atoms with Gasteiger partial charge < -0.3 is 19.5 Å². The normalized spacial score (nSPS) is 14.4. The molecule has 0 saturated carbocycles. The smallest absolute Gasteiger partial charge is 0.407 e. The molecule has 1 heterocycles. The van der Waals surface area contributed by atoms with Crippen molar-refractivity contribution in [3.8, 4) is 11.5 Å². The maximum absolute atomic E-state index is 11.5. The van der Waals surface area contributed by atoms with Crippen LogP contribution in [0.25, 0.3) is 6.08 Å². The molecular weight excluding hydrogens is 294 g/mol. The van der Waals surface area contributed by atoms with Crippen LogP contribution < -0.4 is 14.8 Å². The van der Waals surface area contributed by atoms with Crippen molar-refractivity contribution >= 4 is 12.2 Å². The third kappa shape index (κ3) is 6.22. The van der Waals surface area contributed by atoms with E-state index in [-0.39, 0.29) is 6.09 Å². The highest BCUT2D eigenvalue weighted by Gasteiger charge is 2.15. The van der Waals surface area contributed by atoms with Gasteiger partial charge in [0.05, 0.1) is 13.2 Å². The minimum absolute atomic E-state index is 0.388. The van der Waals surface area contributed by atoms with Crippen molar-refractivity contribution in [3.05, 3.63) is 29.8 Å². The van der Waals surface area contributed by atoms with Crippen molar-refractivity contribution in [2.45, 2.75) is 39.2 Å². The first kappa shape index (κ1) is 17.2. The molecule has 1 amide bonds. The predicted molar refractivity (Wildman–Crippen MR) is 89.9 cm³/mol. The topological polar surface area (TPSA) is 56.8 Å². The Hall–Kier alpha value is -2.17. The Morgan fingerprint density at radius 1 is 1.26 bits per heavy atom. The summed E-state index contributed by atoms with van der Waals surface area (Å²) in [4.78, 5) is 11.5. The average Bonchev–Trinajstić information content (AvgIpc) is 2.69. The zero-order valence-corrected chi connectivity index (χ0v) is 14.1. The van der Waals surface area contributed by atoms with Crippen LogP contribution in [-0.2, 0) is 4.74 Å². The molecule has 1 aliphatic heterocycles. The van der Waals surface area contributed by atoms with Crippen LogP contribution in [0.2, 0.25) is 0 Å². The number of hydrogen-bond acceptors (Lipinski definition) is 4. The number of benzene rings is 1. The molecule has 0 spiro atoms. The number of fused-ring (bicyclic) bond motifs is 1. The Kier molecular flexibility index (Phi) is 5.90. The number of hydrogen-bond donors (Lipinski definition) is 1. The molecular formula is C18H25NO4. The van der Waals surface area contributed by atoms with Crippen molar-refractivity contribution in [1.82, 2.24) is 5.32 Å². The summed E-state index contributed by atoms with van der Waals surface area (Å²) in [5.74, 6) is 1.59. The van der Waals surface area contributed by atoms with E-state index in [4.69, 9.17) is 14.2 Å².